The minimum atomic E-state index is 0.659. The van der Waals surface area contributed by atoms with E-state index in [-0.39, 0.29) is 0 Å². The molecule has 0 amide bonds. The summed E-state index contributed by atoms with van der Waals surface area (Å²) >= 11 is 6.15. The topological polar surface area (TPSA) is 15.3 Å². The van der Waals surface area contributed by atoms with Gasteiger partial charge in [-0.2, -0.15) is 0 Å². The second-order valence-electron chi connectivity index (χ2n) is 3.95. The van der Waals surface area contributed by atoms with Crippen LogP contribution < -0.4 is 10.2 Å². The monoisotopic (exact) mass is 210 g/mol. The lowest BCUT2D eigenvalue weighted by Gasteiger charge is -2.19. The molecule has 0 aliphatic heterocycles. The Labute approximate surface area is 89.9 Å². The molecule has 0 atom stereocenters. The van der Waals surface area contributed by atoms with E-state index in [1.165, 1.54) is 12.8 Å². The average molecular weight is 211 g/mol. The lowest BCUT2D eigenvalue weighted by molar-refractivity contribution is 1.10. The van der Waals surface area contributed by atoms with Crippen molar-refractivity contribution < 1.29 is 0 Å². The molecule has 2 rings (SSSR count). The molecule has 0 radical (unpaired) electrons. The van der Waals surface area contributed by atoms with Crippen molar-refractivity contribution in [2.45, 2.75) is 18.9 Å². The largest absolute Gasteiger partial charge is 0.381 e. The SMILES string of the molecule is CN(C)c1c(Cl)cccc1NC1CC1. The highest BCUT2D eigenvalue weighted by Gasteiger charge is 2.22. The molecule has 0 spiro atoms. The maximum Gasteiger partial charge on any atom is 0.0786 e. The van der Waals surface area contributed by atoms with Crippen molar-refractivity contribution in [2.75, 3.05) is 24.3 Å². The maximum atomic E-state index is 6.15. The van der Waals surface area contributed by atoms with E-state index in [9.17, 15) is 0 Å². The fourth-order valence-electron chi connectivity index (χ4n) is 1.53. The van der Waals surface area contributed by atoms with Crippen LogP contribution in [0.2, 0.25) is 5.02 Å². The normalized spacial score (nSPS) is 15.4. The van der Waals surface area contributed by atoms with Gasteiger partial charge in [0.1, 0.15) is 0 Å². The second kappa shape index (κ2) is 3.70. The van der Waals surface area contributed by atoms with Gasteiger partial charge in [0.05, 0.1) is 16.4 Å². The number of hydrogen-bond donors (Lipinski definition) is 1. The molecule has 1 N–H and O–H groups in total. The predicted molar refractivity (Wildman–Crippen MR) is 62.4 cm³/mol. The first-order valence-corrected chi connectivity index (χ1v) is 5.28. The van der Waals surface area contributed by atoms with Crippen LogP contribution in [0.5, 0.6) is 0 Å². The Balaban J connectivity index is 2.30. The first-order chi connectivity index (χ1) is 6.68. The van der Waals surface area contributed by atoms with Crippen molar-refractivity contribution in [1.29, 1.82) is 0 Å². The number of para-hydroxylation sites is 1. The molecular weight excluding hydrogens is 196 g/mol. The van der Waals surface area contributed by atoms with Crippen LogP contribution in [0.25, 0.3) is 0 Å². The van der Waals surface area contributed by atoms with Gasteiger partial charge in [0, 0.05) is 20.1 Å². The third kappa shape index (κ3) is 1.95. The number of anilines is 2. The first-order valence-electron chi connectivity index (χ1n) is 4.91. The summed E-state index contributed by atoms with van der Waals surface area (Å²) in [7, 11) is 4.03. The van der Waals surface area contributed by atoms with E-state index < -0.39 is 0 Å². The number of hydrogen-bond acceptors (Lipinski definition) is 2. The minimum Gasteiger partial charge on any atom is -0.381 e. The van der Waals surface area contributed by atoms with E-state index in [0.29, 0.717) is 6.04 Å². The van der Waals surface area contributed by atoms with Crippen LogP contribution in [-0.2, 0) is 0 Å². The van der Waals surface area contributed by atoms with Crippen LogP contribution in [0.1, 0.15) is 12.8 Å². The summed E-state index contributed by atoms with van der Waals surface area (Å²) in [6.45, 7) is 0. The zero-order chi connectivity index (χ0) is 10.1. The van der Waals surface area contributed by atoms with Gasteiger partial charge in [-0.1, -0.05) is 17.7 Å². The maximum absolute atomic E-state index is 6.15. The molecule has 1 saturated carbocycles. The molecule has 3 heteroatoms. The van der Waals surface area contributed by atoms with Gasteiger partial charge in [-0.15, -0.1) is 0 Å². The van der Waals surface area contributed by atoms with E-state index >= 15 is 0 Å². The summed E-state index contributed by atoms with van der Waals surface area (Å²) in [4.78, 5) is 2.05. The van der Waals surface area contributed by atoms with Crippen molar-refractivity contribution in [3.63, 3.8) is 0 Å². The molecule has 1 aliphatic carbocycles. The molecule has 1 aromatic rings. The predicted octanol–water partition coefficient (Wildman–Crippen LogP) is 2.98. The standard InChI is InChI=1S/C11H15ClN2/c1-14(2)11-9(12)4-3-5-10(11)13-8-6-7-8/h3-5,8,13H,6-7H2,1-2H3. The van der Waals surface area contributed by atoms with Gasteiger partial charge in [0.25, 0.3) is 0 Å². The summed E-state index contributed by atoms with van der Waals surface area (Å²) in [5.41, 5.74) is 2.23. The van der Waals surface area contributed by atoms with Gasteiger partial charge in [-0.3, -0.25) is 0 Å². The van der Waals surface area contributed by atoms with Crippen LogP contribution in [0.15, 0.2) is 18.2 Å². The van der Waals surface area contributed by atoms with Crippen molar-refractivity contribution in [2.24, 2.45) is 0 Å². The highest BCUT2D eigenvalue weighted by molar-refractivity contribution is 6.34. The number of halogens is 1. The van der Waals surface area contributed by atoms with Gasteiger partial charge in [-0.25, -0.2) is 0 Å². The fraction of sp³-hybridized carbons (Fsp3) is 0.455. The lowest BCUT2D eigenvalue weighted by Crippen LogP contribution is -2.13. The molecule has 2 nitrogen and oxygen atoms in total. The lowest BCUT2D eigenvalue weighted by atomic mass is 10.2. The second-order valence-corrected chi connectivity index (χ2v) is 4.36. The van der Waals surface area contributed by atoms with Crippen LogP contribution in [0.4, 0.5) is 11.4 Å². The third-order valence-corrected chi connectivity index (χ3v) is 2.68. The Hall–Kier alpha value is -0.890. The van der Waals surface area contributed by atoms with Crippen molar-refractivity contribution in [3.05, 3.63) is 23.2 Å². The zero-order valence-corrected chi connectivity index (χ0v) is 9.30. The molecule has 1 aliphatic rings. The summed E-state index contributed by atoms with van der Waals surface area (Å²) in [5, 5.41) is 4.29. The molecule has 14 heavy (non-hydrogen) atoms. The van der Waals surface area contributed by atoms with Crippen LogP contribution >= 0.6 is 11.6 Å². The summed E-state index contributed by atoms with van der Waals surface area (Å²) < 4.78 is 0. The Morgan fingerprint density at radius 1 is 1.36 bits per heavy atom. The van der Waals surface area contributed by atoms with E-state index in [1.54, 1.807) is 0 Å². The fourth-order valence-corrected chi connectivity index (χ4v) is 1.88. The first kappa shape index (κ1) is 9.66. The van der Waals surface area contributed by atoms with Gasteiger partial charge in [-0.05, 0) is 25.0 Å². The van der Waals surface area contributed by atoms with Gasteiger partial charge in [0.15, 0.2) is 0 Å². The van der Waals surface area contributed by atoms with Crippen molar-refractivity contribution in [1.82, 2.24) is 0 Å². The van der Waals surface area contributed by atoms with Gasteiger partial charge in [0.2, 0.25) is 0 Å². The highest BCUT2D eigenvalue weighted by atomic mass is 35.5. The van der Waals surface area contributed by atoms with Crippen LogP contribution in [0.3, 0.4) is 0 Å². The Morgan fingerprint density at radius 3 is 2.64 bits per heavy atom. The van der Waals surface area contributed by atoms with E-state index in [0.717, 1.165) is 16.4 Å². The molecule has 0 heterocycles. The highest BCUT2D eigenvalue weighted by Crippen LogP contribution is 2.35. The van der Waals surface area contributed by atoms with E-state index in [2.05, 4.69) is 11.4 Å². The Bertz CT molecular complexity index is 332. The molecule has 1 aromatic carbocycles. The summed E-state index contributed by atoms with van der Waals surface area (Å²) in [6.07, 6.45) is 2.55. The quantitative estimate of drug-likeness (QED) is 0.825. The van der Waals surface area contributed by atoms with Crippen LogP contribution in [0, 0.1) is 0 Å². The smallest absolute Gasteiger partial charge is 0.0786 e. The number of rotatable bonds is 3. The molecule has 0 aromatic heterocycles. The van der Waals surface area contributed by atoms with Crippen molar-refractivity contribution >= 4 is 23.0 Å². The summed E-state index contributed by atoms with van der Waals surface area (Å²) in [5.74, 6) is 0. The Kier molecular flexibility index (Phi) is 2.55. The molecule has 0 unspecified atom stereocenters. The number of nitrogens with one attached hydrogen (secondary N) is 1. The molecular formula is C11H15ClN2. The summed E-state index contributed by atoms with van der Waals surface area (Å²) in [6, 6.07) is 6.65. The third-order valence-electron chi connectivity index (χ3n) is 2.37. The zero-order valence-electron chi connectivity index (χ0n) is 8.55. The Morgan fingerprint density at radius 2 is 2.07 bits per heavy atom. The van der Waals surface area contributed by atoms with Gasteiger partial charge >= 0.3 is 0 Å². The molecule has 76 valence electrons. The molecule has 0 bridgehead atoms. The van der Waals surface area contributed by atoms with E-state index in [4.69, 9.17) is 11.6 Å². The number of nitrogens with zero attached hydrogens (tertiary/aromatic N) is 1. The average Bonchev–Trinajstić information content (AvgIpc) is 2.87. The number of benzene rings is 1. The van der Waals surface area contributed by atoms with E-state index in [1.807, 2.05) is 31.1 Å². The minimum absolute atomic E-state index is 0.659. The van der Waals surface area contributed by atoms with Crippen molar-refractivity contribution in [3.8, 4) is 0 Å². The van der Waals surface area contributed by atoms with Crippen LogP contribution in [-0.4, -0.2) is 20.1 Å². The molecule has 1 fully saturated rings. The van der Waals surface area contributed by atoms with Gasteiger partial charge < -0.3 is 10.2 Å². The molecule has 0 saturated heterocycles.